The molecular formula is C20H19ClFNO2. The highest BCUT2D eigenvalue weighted by molar-refractivity contribution is 6.50. The lowest BCUT2D eigenvalue weighted by atomic mass is 10.1. The molecule has 0 spiro atoms. The predicted octanol–water partition coefficient (Wildman–Crippen LogP) is 4.67. The second-order valence-electron chi connectivity index (χ2n) is 6.11. The first kappa shape index (κ1) is 17.6. The van der Waals surface area contributed by atoms with E-state index in [9.17, 15) is 9.18 Å². The largest absolute Gasteiger partial charge is 0.380 e. The molecule has 0 radical (unpaired) electrons. The maximum Gasteiger partial charge on any atom is 0.231 e. The molecule has 1 heterocycles. The molecule has 0 aromatic heterocycles. The van der Waals surface area contributed by atoms with E-state index in [-0.39, 0.29) is 24.7 Å². The first-order valence-corrected chi connectivity index (χ1v) is 8.40. The number of anilines is 1. The van der Waals surface area contributed by atoms with Gasteiger partial charge in [0.2, 0.25) is 5.91 Å². The number of aryl methyl sites for hydroxylation is 1. The molecule has 0 fully saturated rings. The third kappa shape index (κ3) is 3.60. The molecule has 1 aliphatic heterocycles. The van der Waals surface area contributed by atoms with E-state index in [1.807, 2.05) is 30.3 Å². The molecule has 0 unspecified atom stereocenters. The normalized spacial score (nSPS) is 14.6. The minimum absolute atomic E-state index is 0.0869. The highest BCUT2D eigenvalue weighted by atomic mass is 35.5. The van der Waals surface area contributed by atoms with Crippen molar-refractivity contribution in [3.05, 3.63) is 70.5 Å². The molecular weight excluding hydrogens is 341 g/mol. The van der Waals surface area contributed by atoms with Crippen LogP contribution in [0.25, 0.3) is 5.03 Å². The van der Waals surface area contributed by atoms with Crippen molar-refractivity contribution in [3.8, 4) is 0 Å². The van der Waals surface area contributed by atoms with Crippen molar-refractivity contribution < 1.29 is 13.9 Å². The standard InChI is InChI=1S/C20H19ClFNO2/c1-13-7-8-14(9-17(13)22)11-23-18-6-4-3-5-16(18)20(21)15(12-25-2)10-19(23)24/h3-9H,10-12H2,1-2H3. The quantitative estimate of drug-likeness (QED) is 0.794. The lowest BCUT2D eigenvalue weighted by Crippen LogP contribution is -2.30. The third-order valence-corrected chi connectivity index (χ3v) is 4.77. The van der Waals surface area contributed by atoms with Crippen LogP contribution in [-0.2, 0) is 16.1 Å². The van der Waals surface area contributed by atoms with Crippen LogP contribution in [0.5, 0.6) is 0 Å². The number of carbonyl (C=O) groups is 1. The van der Waals surface area contributed by atoms with E-state index in [0.717, 1.165) is 22.4 Å². The van der Waals surface area contributed by atoms with Gasteiger partial charge in [0.05, 0.1) is 30.3 Å². The average molecular weight is 360 g/mol. The Hall–Kier alpha value is -2.17. The second kappa shape index (κ2) is 7.38. The topological polar surface area (TPSA) is 29.5 Å². The van der Waals surface area contributed by atoms with Gasteiger partial charge in [-0.15, -0.1) is 0 Å². The Morgan fingerprint density at radius 1 is 1.24 bits per heavy atom. The van der Waals surface area contributed by atoms with E-state index in [1.54, 1.807) is 25.0 Å². The number of hydrogen-bond donors (Lipinski definition) is 0. The highest BCUT2D eigenvalue weighted by Gasteiger charge is 2.26. The van der Waals surface area contributed by atoms with Crippen LogP contribution in [-0.4, -0.2) is 19.6 Å². The number of fused-ring (bicyclic) bond motifs is 1. The maximum atomic E-state index is 13.9. The molecule has 0 N–H and O–H groups in total. The van der Waals surface area contributed by atoms with Crippen molar-refractivity contribution in [1.82, 2.24) is 0 Å². The lowest BCUT2D eigenvalue weighted by Gasteiger charge is -2.23. The SMILES string of the molecule is COCC1=C(Cl)c2ccccc2N(Cc2ccc(C)c(F)c2)C(=O)C1. The number of amides is 1. The number of nitrogens with zero attached hydrogens (tertiary/aromatic N) is 1. The zero-order valence-electron chi connectivity index (χ0n) is 14.2. The number of methoxy groups -OCH3 is 1. The molecule has 5 heteroatoms. The molecule has 1 aliphatic rings. The summed E-state index contributed by atoms with van der Waals surface area (Å²) in [5.41, 5.74) is 3.58. The molecule has 1 amide bonds. The summed E-state index contributed by atoms with van der Waals surface area (Å²) in [7, 11) is 1.57. The van der Waals surface area contributed by atoms with Crippen molar-refractivity contribution in [2.24, 2.45) is 0 Å². The lowest BCUT2D eigenvalue weighted by molar-refractivity contribution is -0.118. The Bertz CT molecular complexity index is 847. The van der Waals surface area contributed by atoms with Crippen LogP contribution in [0.2, 0.25) is 0 Å². The van der Waals surface area contributed by atoms with Gasteiger partial charge in [-0.1, -0.05) is 41.9 Å². The van der Waals surface area contributed by atoms with E-state index in [1.165, 1.54) is 6.07 Å². The number of hydrogen-bond acceptors (Lipinski definition) is 2. The van der Waals surface area contributed by atoms with Crippen LogP contribution < -0.4 is 4.90 Å². The van der Waals surface area contributed by atoms with Gasteiger partial charge >= 0.3 is 0 Å². The van der Waals surface area contributed by atoms with Crippen LogP contribution in [0, 0.1) is 12.7 Å². The van der Waals surface area contributed by atoms with Gasteiger partial charge in [-0.3, -0.25) is 4.79 Å². The van der Waals surface area contributed by atoms with Crippen molar-refractivity contribution in [3.63, 3.8) is 0 Å². The van der Waals surface area contributed by atoms with Crippen LogP contribution in [0.15, 0.2) is 48.0 Å². The van der Waals surface area contributed by atoms with Gasteiger partial charge in [0.15, 0.2) is 0 Å². The molecule has 2 aromatic rings. The summed E-state index contributed by atoms with van der Waals surface area (Å²) in [4.78, 5) is 14.5. The highest BCUT2D eigenvalue weighted by Crippen LogP contribution is 2.37. The van der Waals surface area contributed by atoms with E-state index >= 15 is 0 Å². The molecule has 25 heavy (non-hydrogen) atoms. The van der Waals surface area contributed by atoms with Crippen molar-refractivity contribution in [2.75, 3.05) is 18.6 Å². The zero-order chi connectivity index (χ0) is 18.0. The molecule has 0 aliphatic carbocycles. The average Bonchev–Trinajstić information content (AvgIpc) is 2.70. The monoisotopic (exact) mass is 359 g/mol. The Balaban J connectivity index is 2.02. The Morgan fingerprint density at radius 3 is 2.72 bits per heavy atom. The predicted molar refractivity (Wildman–Crippen MR) is 98.0 cm³/mol. The van der Waals surface area contributed by atoms with E-state index < -0.39 is 0 Å². The fourth-order valence-corrected chi connectivity index (χ4v) is 3.24. The number of halogens is 2. The molecule has 0 saturated carbocycles. The number of para-hydroxylation sites is 1. The molecule has 0 bridgehead atoms. The minimum Gasteiger partial charge on any atom is -0.380 e. The van der Waals surface area contributed by atoms with Gasteiger partial charge in [-0.05, 0) is 35.8 Å². The molecule has 3 rings (SSSR count). The fourth-order valence-electron chi connectivity index (χ4n) is 2.95. The molecule has 130 valence electrons. The van der Waals surface area contributed by atoms with Gasteiger partial charge in [0.1, 0.15) is 5.82 Å². The summed E-state index contributed by atoms with van der Waals surface area (Å²) in [5.74, 6) is -0.361. The first-order chi connectivity index (χ1) is 12.0. The Morgan fingerprint density at radius 2 is 2.00 bits per heavy atom. The van der Waals surface area contributed by atoms with Crippen LogP contribution >= 0.6 is 11.6 Å². The summed E-state index contributed by atoms with van der Waals surface area (Å²) < 4.78 is 19.1. The number of benzene rings is 2. The minimum atomic E-state index is -0.274. The summed E-state index contributed by atoms with van der Waals surface area (Å²) >= 11 is 6.54. The maximum absolute atomic E-state index is 13.9. The molecule has 0 atom stereocenters. The van der Waals surface area contributed by atoms with Gasteiger partial charge in [0.25, 0.3) is 0 Å². The molecule has 0 saturated heterocycles. The van der Waals surface area contributed by atoms with E-state index in [2.05, 4.69) is 0 Å². The molecule has 2 aromatic carbocycles. The van der Waals surface area contributed by atoms with E-state index in [0.29, 0.717) is 17.2 Å². The number of rotatable bonds is 4. The molecule has 3 nitrogen and oxygen atoms in total. The van der Waals surface area contributed by atoms with Gasteiger partial charge in [-0.2, -0.15) is 0 Å². The smallest absolute Gasteiger partial charge is 0.231 e. The number of carbonyl (C=O) groups excluding carboxylic acids is 1. The number of ether oxygens (including phenoxy) is 1. The summed E-state index contributed by atoms with van der Waals surface area (Å²) in [6, 6.07) is 12.5. The van der Waals surface area contributed by atoms with Crippen LogP contribution in [0.3, 0.4) is 0 Å². The van der Waals surface area contributed by atoms with Crippen molar-refractivity contribution in [1.29, 1.82) is 0 Å². The van der Waals surface area contributed by atoms with Crippen molar-refractivity contribution >= 4 is 28.2 Å². The van der Waals surface area contributed by atoms with Crippen LogP contribution in [0.1, 0.15) is 23.1 Å². The Labute approximate surface area is 151 Å². The zero-order valence-corrected chi connectivity index (χ0v) is 14.9. The van der Waals surface area contributed by atoms with Gasteiger partial charge in [0, 0.05) is 12.7 Å². The van der Waals surface area contributed by atoms with Gasteiger partial charge in [-0.25, -0.2) is 4.39 Å². The summed E-state index contributed by atoms with van der Waals surface area (Å²) in [6.45, 7) is 2.30. The van der Waals surface area contributed by atoms with Crippen molar-refractivity contribution in [2.45, 2.75) is 19.9 Å². The van der Waals surface area contributed by atoms with Gasteiger partial charge < -0.3 is 9.64 Å². The third-order valence-electron chi connectivity index (χ3n) is 4.30. The first-order valence-electron chi connectivity index (χ1n) is 8.02. The fraction of sp³-hybridized carbons (Fsp3) is 0.250. The van der Waals surface area contributed by atoms with E-state index in [4.69, 9.17) is 16.3 Å². The summed E-state index contributed by atoms with van der Waals surface area (Å²) in [6.07, 6.45) is 0.176. The van der Waals surface area contributed by atoms with Crippen LogP contribution in [0.4, 0.5) is 10.1 Å². The second-order valence-corrected chi connectivity index (χ2v) is 6.49. The summed E-state index contributed by atoms with van der Waals surface area (Å²) in [5, 5.41) is 0.545. The Kier molecular flexibility index (Phi) is 5.21.